The Kier molecular flexibility index (Phi) is 7.78. The van der Waals surface area contributed by atoms with Gasteiger partial charge in [-0.1, -0.05) is 48.0 Å². The number of methoxy groups -OCH3 is 1. The van der Waals surface area contributed by atoms with Crippen molar-refractivity contribution in [2.24, 2.45) is 0 Å². The van der Waals surface area contributed by atoms with E-state index < -0.39 is 16.1 Å². The van der Waals surface area contributed by atoms with Crippen molar-refractivity contribution >= 4 is 32.2 Å². The van der Waals surface area contributed by atoms with Crippen LogP contribution >= 0.6 is 11.3 Å². The lowest BCUT2D eigenvalue weighted by Gasteiger charge is -2.17. The van der Waals surface area contributed by atoms with Gasteiger partial charge in [0.05, 0.1) is 41.4 Å². The molecule has 0 spiro atoms. The second kappa shape index (κ2) is 11.4. The third-order valence-electron chi connectivity index (χ3n) is 6.21. The average molecular weight is 560 g/mol. The van der Waals surface area contributed by atoms with Gasteiger partial charge in [0.1, 0.15) is 5.75 Å². The summed E-state index contributed by atoms with van der Waals surface area (Å²) >= 11 is 1.41. The van der Waals surface area contributed by atoms with E-state index in [-0.39, 0.29) is 4.90 Å². The molecule has 0 saturated carbocycles. The third-order valence-corrected chi connectivity index (χ3v) is 8.47. The number of hydrogen-bond donors (Lipinski definition) is 2. The molecule has 39 heavy (non-hydrogen) atoms. The van der Waals surface area contributed by atoms with Crippen LogP contribution in [-0.2, 0) is 16.4 Å². The van der Waals surface area contributed by atoms with E-state index in [1.165, 1.54) is 11.3 Å². The highest BCUT2D eigenvalue weighted by Crippen LogP contribution is 2.31. The maximum atomic E-state index is 13.3. The molecule has 5 aromatic rings. The van der Waals surface area contributed by atoms with Crippen molar-refractivity contribution in [1.29, 1.82) is 0 Å². The number of anilines is 2. The van der Waals surface area contributed by atoms with Gasteiger partial charge in [0.15, 0.2) is 5.13 Å². The molecule has 0 radical (unpaired) electrons. The average Bonchev–Trinajstić information content (AvgIpc) is 3.58. The molecule has 3 aromatic carbocycles. The molecule has 0 amide bonds. The molecule has 10 heteroatoms. The van der Waals surface area contributed by atoms with Crippen LogP contribution in [0.25, 0.3) is 5.69 Å². The molecule has 0 aliphatic carbocycles. The lowest BCUT2D eigenvalue weighted by atomic mass is 10.1. The van der Waals surface area contributed by atoms with E-state index in [1.54, 1.807) is 37.7 Å². The SMILES string of the molecule is COc1cc(Nc2nc([C@H](Cc3ccccc3)NS(=O)(=O)c3ccc(C)cc3)cs2)ccc1-n1cnc(C)c1. The molecular formula is C29H29N5O3S2. The van der Waals surface area contributed by atoms with Gasteiger partial charge < -0.3 is 14.6 Å². The zero-order valence-corrected chi connectivity index (χ0v) is 23.5. The lowest BCUT2D eigenvalue weighted by Crippen LogP contribution is -2.30. The quantitative estimate of drug-likeness (QED) is 0.219. The molecule has 1 atom stereocenters. The number of benzene rings is 3. The van der Waals surface area contributed by atoms with Gasteiger partial charge >= 0.3 is 0 Å². The summed E-state index contributed by atoms with van der Waals surface area (Å²) in [6.45, 7) is 3.86. The Morgan fingerprint density at radius 2 is 1.79 bits per heavy atom. The highest BCUT2D eigenvalue weighted by molar-refractivity contribution is 7.89. The summed E-state index contributed by atoms with van der Waals surface area (Å²) in [5.74, 6) is 0.682. The summed E-state index contributed by atoms with van der Waals surface area (Å²) in [7, 11) is -2.14. The first-order valence-electron chi connectivity index (χ1n) is 12.3. The van der Waals surface area contributed by atoms with E-state index in [9.17, 15) is 8.42 Å². The monoisotopic (exact) mass is 559 g/mol. The topological polar surface area (TPSA) is 98.1 Å². The fourth-order valence-corrected chi connectivity index (χ4v) is 6.17. The Morgan fingerprint density at radius 3 is 2.49 bits per heavy atom. The summed E-state index contributed by atoms with van der Waals surface area (Å²) in [6.07, 6.45) is 4.14. The van der Waals surface area contributed by atoms with Crippen LogP contribution in [-0.4, -0.2) is 30.1 Å². The number of nitrogens with zero attached hydrogens (tertiary/aromatic N) is 3. The number of imidazole rings is 1. The van der Waals surface area contributed by atoms with E-state index >= 15 is 0 Å². The predicted octanol–water partition coefficient (Wildman–Crippen LogP) is 5.96. The molecule has 2 aromatic heterocycles. The standard InChI is InChI=1S/C29H29N5O3S2/c1-20-9-12-24(13-10-20)39(35,36)33-25(15-22-7-5-4-6-8-22)26-18-38-29(32-26)31-23-11-14-27(28(16-23)37-3)34-17-21(2)30-19-34/h4-14,16-19,25,33H,15H2,1-3H3,(H,31,32)/t25-/m0/s1. The maximum absolute atomic E-state index is 13.3. The first-order valence-corrected chi connectivity index (χ1v) is 14.7. The Morgan fingerprint density at radius 1 is 1.03 bits per heavy atom. The highest BCUT2D eigenvalue weighted by atomic mass is 32.2. The van der Waals surface area contributed by atoms with E-state index in [0.29, 0.717) is 23.0 Å². The summed E-state index contributed by atoms with van der Waals surface area (Å²) in [5, 5.41) is 5.85. The number of thiazole rings is 1. The molecule has 0 saturated heterocycles. The second-order valence-electron chi connectivity index (χ2n) is 9.19. The fraction of sp³-hybridized carbons (Fsp3) is 0.172. The fourth-order valence-electron chi connectivity index (χ4n) is 4.18. The van der Waals surface area contributed by atoms with Crippen LogP contribution in [0.4, 0.5) is 10.8 Å². The normalized spacial score (nSPS) is 12.3. The summed E-state index contributed by atoms with van der Waals surface area (Å²) in [6, 6.07) is 21.8. The Hall–Kier alpha value is -3.99. The van der Waals surface area contributed by atoms with Crippen molar-refractivity contribution in [2.75, 3.05) is 12.4 Å². The summed E-state index contributed by atoms with van der Waals surface area (Å²) in [5.41, 5.74) is 5.23. The van der Waals surface area contributed by atoms with Gasteiger partial charge in [-0.3, -0.25) is 0 Å². The van der Waals surface area contributed by atoms with Gasteiger partial charge in [-0.2, -0.15) is 0 Å². The van der Waals surface area contributed by atoms with Crippen LogP contribution < -0.4 is 14.8 Å². The van der Waals surface area contributed by atoms with Crippen LogP contribution in [0.15, 0.2) is 95.6 Å². The Labute approximate surface area is 232 Å². The molecule has 2 heterocycles. The molecular weight excluding hydrogens is 530 g/mol. The zero-order valence-electron chi connectivity index (χ0n) is 21.8. The number of ether oxygens (including phenoxy) is 1. The van der Waals surface area contributed by atoms with Gasteiger partial charge in [0.25, 0.3) is 0 Å². The van der Waals surface area contributed by atoms with Gasteiger partial charge in [-0.25, -0.2) is 23.1 Å². The Bertz CT molecular complexity index is 1660. The van der Waals surface area contributed by atoms with E-state index in [0.717, 1.165) is 28.2 Å². The number of aromatic nitrogens is 3. The first-order chi connectivity index (χ1) is 18.8. The zero-order chi connectivity index (χ0) is 27.4. The molecule has 5 rings (SSSR count). The number of sulfonamides is 1. The van der Waals surface area contributed by atoms with Gasteiger partial charge in [0, 0.05) is 23.3 Å². The molecule has 0 unspecified atom stereocenters. The number of aryl methyl sites for hydroxylation is 2. The first kappa shape index (κ1) is 26.6. The van der Waals surface area contributed by atoms with Crippen LogP contribution in [0, 0.1) is 13.8 Å². The maximum Gasteiger partial charge on any atom is 0.241 e. The predicted molar refractivity (Wildman–Crippen MR) is 155 cm³/mol. The largest absolute Gasteiger partial charge is 0.494 e. The van der Waals surface area contributed by atoms with Crippen molar-refractivity contribution in [3.05, 3.63) is 113 Å². The minimum absolute atomic E-state index is 0.222. The minimum Gasteiger partial charge on any atom is -0.494 e. The highest BCUT2D eigenvalue weighted by Gasteiger charge is 2.24. The lowest BCUT2D eigenvalue weighted by molar-refractivity contribution is 0.413. The number of hydrogen-bond acceptors (Lipinski definition) is 7. The molecule has 0 aliphatic heterocycles. The van der Waals surface area contributed by atoms with Crippen LogP contribution in [0.5, 0.6) is 5.75 Å². The third kappa shape index (κ3) is 6.36. The number of nitrogens with one attached hydrogen (secondary N) is 2. The molecule has 0 aliphatic rings. The molecule has 200 valence electrons. The molecule has 0 bridgehead atoms. The molecule has 2 N–H and O–H groups in total. The summed E-state index contributed by atoms with van der Waals surface area (Å²) < 4.78 is 36.9. The summed E-state index contributed by atoms with van der Waals surface area (Å²) in [4.78, 5) is 9.27. The van der Waals surface area contributed by atoms with Crippen LogP contribution in [0.2, 0.25) is 0 Å². The van der Waals surface area contributed by atoms with Crippen LogP contribution in [0.3, 0.4) is 0 Å². The molecule has 0 fully saturated rings. The second-order valence-corrected chi connectivity index (χ2v) is 11.8. The molecule has 8 nitrogen and oxygen atoms in total. The van der Waals surface area contributed by atoms with Gasteiger partial charge in [0.2, 0.25) is 10.0 Å². The van der Waals surface area contributed by atoms with E-state index in [1.807, 2.05) is 78.5 Å². The van der Waals surface area contributed by atoms with Gasteiger partial charge in [-0.05, 0) is 50.1 Å². The number of rotatable bonds is 10. The minimum atomic E-state index is -3.76. The van der Waals surface area contributed by atoms with Crippen LogP contribution in [0.1, 0.15) is 28.6 Å². The van der Waals surface area contributed by atoms with Crippen molar-refractivity contribution in [3.63, 3.8) is 0 Å². The van der Waals surface area contributed by atoms with Crippen molar-refractivity contribution in [3.8, 4) is 11.4 Å². The van der Waals surface area contributed by atoms with E-state index in [4.69, 9.17) is 9.72 Å². The van der Waals surface area contributed by atoms with E-state index in [2.05, 4.69) is 15.0 Å². The Balaban J connectivity index is 1.40. The smallest absolute Gasteiger partial charge is 0.241 e. The van der Waals surface area contributed by atoms with Crippen molar-refractivity contribution in [1.82, 2.24) is 19.3 Å². The van der Waals surface area contributed by atoms with Crippen molar-refractivity contribution < 1.29 is 13.2 Å². The van der Waals surface area contributed by atoms with Gasteiger partial charge in [-0.15, -0.1) is 11.3 Å². The van der Waals surface area contributed by atoms with Crippen molar-refractivity contribution in [2.45, 2.75) is 31.2 Å².